The number of aromatic nitrogens is 4. The number of tetrazole rings is 1. The molecule has 29 heavy (non-hydrogen) atoms. The summed E-state index contributed by atoms with van der Waals surface area (Å²) in [5.41, 5.74) is 2.51. The Bertz CT molecular complexity index is 1030. The number of carbonyl (C=O) groups excluding carboxylic acids is 2. The Morgan fingerprint density at radius 1 is 1.28 bits per heavy atom. The molecule has 1 unspecified atom stereocenters. The maximum Gasteiger partial charge on any atom is 0.254 e. The first kappa shape index (κ1) is 19.6. The molecule has 2 amide bonds. The van der Waals surface area contributed by atoms with E-state index in [9.17, 15) is 9.59 Å². The van der Waals surface area contributed by atoms with Gasteiger partial charge in [-0.05, 0) is 65.0 Å². The Kier molecular flexibility index (Phi) is 5.63. The highest BCUT2D eigenvalue weighted by molar-refractivity contribution is 7.99. The zero-order chi connectivity index (χ0) is 20.4. The highest BCUT2D eigenvalue weighted by Crippen LogP contribution is 2.33. The van der Waals surface area contributed by atoms with Gasteiger partial charge in [0.05, 0.1) is 11.8 Å². The third-order valence-electron chi connectivity index (χ3n) is 4.87. The summed E-state index contributed by atoms with van der Waals surface area (Å²) in [4.78, 5) is 28.4. The molecule has 0 aliphatic carbocycles. The molecule has 3 aromatic rings. The second-order valence-corrected chi connectivity index (χ2v) is 8.67. The van der Waals surface area contributed by atoms with Crippen molar-refractivity contribution in [2.75, 3.05) is 17.6 Å². The van der Waals surface area contributed by atoms with E-state index in [1.165, 1.54) is 26.9 Å². The minimum Gasteiger partial charge on any atom is -0.331 e. The smallest absolute Gasteiger partial charge is 0.254 e. The van der Waals surface area contributed by atoms with E-state index in [0.29, 0.717) is 16.4 Å². The number of fused-ring (bicyclic) bond motifs is 1. The molecule has 1 aliphatic heterocycles. The van der Waals surface area contributed by atoms with Gasteiger partial charge in [-0.2, -0.15) is 0 Å². The van der Waals surface area contributed by atoms with Gasteiger partial charge in [-0.25, -0.2) is 4.68 Å². The van der Waals surface area contributed by atoms with Crippen molar-refractivity contribution in [3.63, 3.8) is 0 Å². The predicted octanol–water partition coefficient (Wildman–Crippen LogP) is 2.76. The summed E-state index contributed by atoms with van der Waals surface area (Å²) in [5, 5.41) is 16.6. The first-order valence-electron chi connectivity index (χ1n) is 9.15. The highest BCUT2D eigenvalue weighted by Gasteiger charge is 2.28. The fourth-order valence-electron chi connectivity index (χ4n) is 3.32. The van der Waals surface area contributed by atoms with E-state index < -0.39 is 0 Å². The molecule has 2 aromatic heterocycles. The molecular weight excluding hydrogens is 408 g/mol. The summed E-state index contributed by atoms with van der Waals surface area (Å²) < 4.78 is 1.51. The Labute approximate surface area is 176 Å². The van der Waals surface area contributed by atoms with E-state index in [2.05, 4.69) is 39.2 Å². The molecule has 10 heteroatoms. The molecule has 0 fully saturated rings. The van der Waals surface area contributed by atoms with Gasteiger partial charge in [0.1, 0.15) is 0 Å². The van der Waals surface area contributed by atoms with Crippen LogP contribution in [0.4, 0.5) is 5.69 Å². The molecule has 1 aliphatic rings. The van der Waals surface area contributed by atoms with Crippen LogP contribution in [0.5, 0.6) is 0 Å². The zero-order valence-electron chi connectivity index (χ0n) is 16.0. The predicted molar refractivity (Wildman–Crippen MR) is 112 cm³/mol. The summed E-state index contributed by atoms with van der Waals surface area (Å²) in [6, 6.07) is 9.21. The SMILES string of the molecule is CC1c2ccsc2CCN1C(=O)c1ccc(NC(=O)CSc2nnnn2C)cc1. The van der Waals surface area contributed by atoms with Crippen LogP contribution in [-0.2, 0) is 18.3 Å². The van der Waals surface area contributed by atoms with Crippen molar-refractivity contribution >= 4 is 40.6 Å². The first-order valence-corrected chi connectivity index (χ1v) is 11.0. The van der Waals surface area contributed by atoms with Crippen LogP contribution in [0.15, 0.2) is 40.9 Å². The third kappa shape index (κ3) is 4.18. The van der Waals surface area contributed by atoms with E-state index in [0.717, 1.165) is 13.0 Å². The van der Waals surface area contributed by atoms with Gasteiger partial charge in [-0.1, -0.05) is 11.8 Å². The van der Waals surface area contributed by atoms with E-state index in [1.54, 1.807) is 42.6 Å². The van der Waals surface area contributed by atoms with Gasteiger partial charge < -0.3 is 10.2 Å². The second kappa shape index (κ2) is 8.34. The molecule has 0 bridgehead atoms. The maximum atomic E-state index is 13.0. The minimum atomic E-state index is -0.160. The first-order chi connectivity index (χ1) is 14.0. The molecule has 0 saturated heterocycles. The van der Waals surface area contributed by atoms with Crippen LogP contribution < -0.4 is 5.32 Å². The number of nitrogens with zero attached hydrogens (tertiary/aromatic N) is 5. The van der Waals surface area contributed by atoms with Crippen molar-refractivity contribution in [3.8, 4) is 0 Å². The number of hydrogen-bond donors (Lipinski definition) is 1. The van der Waals surface area contributed by atoms with E-state index in [4.69, 9.17) is 0 Å². The number of anilines is 1. The van der Waals surface area contributed by atoms with Crippen LogP contribution in [0, 0.1) is 0 Å². The molecular formula is C19H20N6O2S2. The number of rotatable bonds is 5. The number of hydrogen-bond acceptors (Lipinski definition) is 7. The summed E-state index contributed by atoms with van der Waals surface area (Å²) in [7, 11) is 1.72. The van der Waals surface area contributed by atoms with Crippen molar-refractivity contribution in [1.29, 1.82) is 0 Å². The molecule has 3 heterocycles. The standard InChI is InChI=1S/C19H20N6O2S2/c1-12-15-8-10-28-16(15)7-9-25(12)18(27)13-3-5-14(6-4-13)20-17(26)11-29-19-21-22-23-24(19)2/h3-6,8,10,12H,7,9,11H2,1-2H3,(H,20,26). The highest BCUT2D eigenvalue weighted by atomic mass is 32.2. The lowest BCUT2D eigenvalue weighted by Crippen LogP contribution is -2.38. The number of carbonyl (C=O) groups is 2. The van der Waals surface area contributed by atoms with Gasteiger partial charge in [0.15, 0.2) is 0 Å². The number of benzene rings is 1. The van der Waals surface area contributed by atoms with Crippen molar-refractivity contribution < 1.29 is 9.59 Å². The lowest BCUT2D eigenvalue weighted by Gasteiger charge is -2.33. The molecule has 1 atom stereocenters. The van der Waals surface area contributed by atoms with Crippen molar-refractivity contribution in [1.82, 2.24) is 25.1 Å². The van der Waals surface area contributed by atoms with E-state index in [-0.39, 0.29) is 23.6 Å². The number of amides is 2. The quantitative estimate of drug-likeness (QED) is 0.628. The van der Waals surface area contributed by atoms with Crippen molar-refractivity contribution in [2.45, 2.75) is 24.5 Å². The second-order valence-electron chi connectivity index (χ2n) is 6.72. The summed E-state index contributed by atoms with van der Waals surface area (Å²) in [5.74, 6) is 0.0488. The summed E-state index contributed by atoms with van der Waals surface area (Å²) >= 11 is 3.02. The Morgan fingerprint density at radius 3 is 2.79 bits per heavy atom. The largest absolute Gasteiger partial charge is 0.331 e. The topological polar surface area (TPSA) is 93.0 Å². The Balaban J connectivity index is 1.36. The third-order valence-corrected chi connectivity index (χ3v) is 6.87. The number of thioether (sulfide) groups is 1. The molecule has 4 rings (SSSR count). The Morgan fingerprint density at radius 2 is 2.07 bits per heavy atom. The van der Waals surface area contributed by atoms with Gasteiger partial charge in [-0.3, -0.25) is 9.59 Å². The van der Waals surface area contributed by atoms with Crippen molar-refractivity contribution in [2.24, 2.45) is 7.05 Å². The lowest BCUT2D eigenvalue weighted by atomic mass is 10.0. The van der Waals surface area contributed by atoms with Gasteiger partial charge in [-0.15, -0.1) is 16.4 Å². The molecule has 0 saturated carbocycles. The molecule has 8 nitrogen and oxygen atoms in total. The van der Waals surface area contributed by atoms with Gasteiger partial charge in [0.2, 0.25) is 11.1 Å². The molecule has 0 radical (unpaired) electrons. The Hall–Kier alpha value is -2.72. The average Bonchev–Trinajstić information content (AvgIpc) is 3.36. The van der Waals surface area contributed by atoms with Gasteiger partial charge in [0.25, 0.3) is 5.91 Å². The molecule has 1 N–H and O–H groups in total. The fourth-order valence-corrected chi connectivity index (χ4v) is 4.93. The average molecular weight is 429 g/mol. The molecule has 150 valence electrons. The van der Waals surface area contributed by atoms with Gasteiger partial charge in [0, 0.05) is 29.7 Å². The van der Waals surface area contributed by atoms with Gasteiger partial charge >= 0.3 is 0 Å². The van der Waals surface area contributed by atoms with Crippen molar-refractivity contribution in [3.05, 3.63) is 51.7 Å². The lowest BCUT2D eigenvalue weighted by molar-refractivity contribution is -0.113. The number of aryl methyl sites for hydroxylation is 1. The summed E-state index contributed by atoms with van der Waals surface area (Å²) in [6.07, 6.45) is 0.899. The van der Waals surface area contributed by atoms with Crippen LogP contribution in [0.2, 0.25) is 0 Å². The number of nitrogens with one attached hydrogen (secondary N) is 1. The van der Waals surface area contributed by atoms with Crippen LogP contribution in [0.3, 0.4) is 0 Å². The number of thiophene rings is 1. The maximum absolute atomic E-state index is 13.0. The summed E-state index contributed by atoms with van der Waals surface area (Å²) in [6.45, 7) is 2.79. The van der Waals surface area contributed by atoms with Crippen LogP contribution in [0.1, 0.15) is 33.8 Å². The van der Waals surface area contributed by atoms with E-state index >= 15 is 0 Å². The normalized spacial score (nSPS) is 15.8. The van der Waals surface area contributed by atoms with Crippen LogP contribution in [0.25, 0.3) is 0 Å². The molecule has 0 spiro atoms. The van der Waals surface area contributed by atoms with Crippen LogP contribution >= 0.6 is 23.1 Å². The van der Waals surface area contributed by atoms with Crippen LogP contribution in [-0.4, -0.2) is 49.2 Å². The minimum absolute atomic E-state index is 0.0116. The molecule has 1 aromatic carbocycles. The fraction of sp³-hybridized carbons (Fsp3) is 0.316. The zero-order valence-corrected chi connectivity index (χ0v) is 17.7. The van der Waals surface area contributed by atoms with E-state index in [1.807, 2.05) is 4.90 Å². The monoisotopic (exact) mass is 428 g/mol.